The number of ether oxygens (including phenoxy) is 1. The number of nitrogens with one attached hydrogen (secondary N) is 1. The molecule has 0 unspecified atom stereocenters. The third-order valence-corrected chi connectivity index (χ3v) is 7.53. The van der Waals surface area contributed by atoms with E-state index in [1.165, 1.54) is 0 Å². The summed E-state index contributed by atoms with van der Waals surface area (Å²) in [6.07, 6.45) is -0.735. The highest BCUT2D eigenvalue weighted by Crippen LogP contribution is 2.66. The molecule has 7 heteroatoms. The van der Waals surface area contributed by atoms with Crippen molar-refractivity contribution in [2.75, 3.05) is 13.2 Å². The molecule has 0 saturated carbocycles. The number of rotatable bonds is 10. The first-order valence-electron chi connectivity index (χ1n) is 10.5. The first-order valence-corrected chi connectivity index (χ1v) is 12.1. The zero-order valence-corrected chi connectivity index (χ0v) is 19.2. The lowest BCUT2D eigenvalue weighted by atomic mass is 9.98. The van der Waals surface area contributed by atoms with E-state index < -0.39 is 19.0 Å². The van der Waals surface area contributed by atoms with Gasteiger partial charge in [-0.1, -0.05) is 91.0 Å². The molecule has 0 aliphatic heterocycles. The maximum atomic E-state index is 14.3. The Morgan fingerprint density at radius 1 is 0.781 bits per heavy atom. The summed E-state index contributed by atoms with van der Waals surface area (Å²) in [5.74, 6) is 0. The molecule has 0 saturated heterocycles. The van der Waals surface area contributed by atoms with Crippen LogP contribution >= 0.6 is 7.60 Å². The SMILES string of the molecule is CCOP(=O)(OCC)C(NC(=O)OCc1ccccc1)(c1ccccc1)c1ccccc1. The van der Waals surface area contributed by atoms with Crippen molar-refractivity contribution in [1.29, 1.82) is 0 Å². The van der Waals surface area contributed by atoms with Gasteiger partial charge in [-0.2, -0.15) is 0 Å². The van der Waals surface area contributed by atoms with Gasteiger partial charge in [-0.05, 0) is 30.5 Å². The van der Waals surface area contributed by atoms with Crippen LogP contribution in [0.1, 0.15) is 30.5 Å². The van der Waals surface area contributed by atoms with Crippen molar-refractivity contribution < 1.29 is 23.1 Å². The Morgan fingerprint density at radius 2 is 1.22 bits per heavy atom. The van der Waals surface area contributed by atoms with Crippen LogP contribution in [0.15, 0.2) is 91.0 Å². The van der Waals surface area contributed by atoms with Crippen molar-refractivity contribution in [3.8, 4) is 0 Å². The van der Waals surface area contributed by atoms with E-state index in [9.17, 15) is 9.36 Å². The number of carbonyl (C=O) groups is 1. The van der Waals surface area contributed by atoms with Crippen molar-refractivity contribution in [2.45, 2.75) is 25.7 Å². The van der Waals surface area contributed by atoms with Crippen LogP contribution in [-0.2, 0) is 30.2 Å². The molecule has 168 valence electrons. The molecule has 0 spiro atoms. The van der Waals surface area contributed by atoms with Crippen LogP contribution in [0, 0.1) is 0 Å². The third kappa shape index (κ3) is 5.10. The van der Waals surface area contributed by atoms with Crippen LogP contribution in [0.4, 0.5) is 4.79 Å². The van der Waals surface area contributed by atoms with Crippen molar-refractivity contribution in [3.05, 3.63) is 108 Å². The molecule has 32 heavy (non-hydrogen) atoms. The van der Waals surface area contributed by atoms with Crippen LogP contribution in [0.2, 0.25) is 0 Å². The highest BCUT2D eigenvalue weighted by molar-refractivity contribution is 7.55. The number of benzene rings is 3. The quantitative estimate of drug-likeness (QED) is 0.377. The second kappa shape index (κ2) is 11.1. The molecule has 6 nitrogen and oxygen atoms in total. The van der Waals surface area contributed by atoms with Crippen molar-refractivity contribution in [1.82, 2.24) is 5.32 Å². The van der Waals surface area contributed by atoms with Crippen molar-refractivity contribution >= 4 is 13.7 Å². The van der Waals surface area contributed by atoms with Gasteiger partial charge in [0.05, 0.1) is 13.2 Å². The number of carbonyl (C=O) groups excluding carboxylic acids is 1. The number of hydrogen-bond acceptors (Lipinski definition) is 5. The minimum Gasteiger partial charge on any atom is -0.445 e. The van der Waals surface area contributed by atoms with E-state index in [1.807, 2.05) is 66.7 Å². The fourth-order valence-corrected chi connectivity index (χ4v) is 5.83. The Bertz CT molecular complexity index is 978. The van der Waals surface area contributed by atoms with Crippen molar-refractivity contribution in [3.63, 3.8) is 0 Å². The van der Waals surface area contributed by atoms with Gasteiger partial charge >= 0.3 is 13.7 Å². The fourth-order valence-electron chi connectivity index (χ4n) is 3.53. The number of alkyl carbamates (subject to hydrolysis) is 1. The topological polar surface area (TPSA) is 73.9 Å². The summed E-state index contributed by atoms with van der Waals surface area (Å²) in [4.78, 5) is 13.1. The molecule has 1 amide bonds. The predicted octanol–water partition coefficient (Wildman–Crippen LogP) is 6.08. The molecule has 0 aliphatic carbocycles. The fraction of sp³-hybridized carbons (Fsp3) is 0.240. The van der Waals surface area contributed by atoms with Gasteiger partial charge in [0.25, 0.3) is 0 Å². The van der Waals surface area contributed by atoms with E-state index in [2.05, 4.69) is 5.32 Å². The maximum Gasteiger partial charge on any atom is 0.408 e. The Kier molecular flexibility index (Phi) is 8.23. The normalized spacial score (nSPS) is 11.7. The van der Waals surface area contributed by atoms with E-state index in [0.717, 1.165) is 5.56 Å². The minimum atomic E-state index is -3.97. The average Bonchev–Trinajstić information content (AvgIpc) is 2.83. The maximum absolute atomic E-state index is 14.3. The molecule has 0 aliphatic rings. The van der Waals surface area contributed by atoms with Crippen LogP contribution in [0.5, 0.6) is 0 Å². The van der Waals surface area contributed by atoms with Gasteiger partial charge in [-0.15, -0.1) is 0 Å². The lowest BCUT2D eigenvalue weighted by Crippen LogP contribution is -2.47. The van der Waals surface area contributed by atoms with Gasteiger partial charge in [0.1, 0.15) is 6.61 Å². The average molecular weight is 453 g/mol. The smallest absolute Gasteiger partial charge is 0.408 e. The molecule has 0 radical (unpaired) electrons. The Hall–Kier alpha value is -2.92. The van der Waals surface area contributed by atoms with Gasteiger partial charge in [0, 0.05) is 0 Å². The second-order valence-corrected chi connectivity index (χ2v) is 9.14. The van der Waals surface area contributed by atoms with Gasteiger partial charge in [0.15, 0.2) is 5.28 Å². The van der Waals surface area contributed by atoms with Gasteiger partial charge in [0.2, 0.25) is 0 Å². The monoisotopic (exact) mass is 453 g/mol. The summed E-state index contributed by atoms with van der Waals surface area (Å²) in [6, 6.07) is 27.4. The summed E-state index contributed by atoms with van der Waals surface area (Å²) in [7, 11) is -3.97. The van der Waals surface area contributed by atoms with Crippen molar-refractivity contribution in [2.24, 2.45) is 0 Å². The molecule has 0 aromatic heterocycles. The molecule has 0 heterocycles. The molecule has 0 fully saturated rings. The van der Waals surface area contributed by atoms with E-state index in [0.29, 0.717) is 11.1 Å². The molecule has 0 atom stereocenters. The summed E-state index contributed by atoms with van der Waals surface area (Å²) < 4.78 is 31.4. The summed E-state index contributed by atoms with van der Waals surface area (Å²) in [6.45, 7) is 3.82. The first kappa shape index (κ1) is 23.7. The lowest BCUT2D eigenvalue weighted by molar-refractivity contribution is 0.128. The molecule has 3 aromatic carbocycles. The van der Waals surface area contributed by atoms with Gasteiger partial charge in [-0.25, -0.2) is 4.79 Å². The number of hydrogen-bond donors (Lipinski definition) is 1. The van der Waals surface area contributed by atoms with Crippen LogP contribution in [0.25, 0.3) is 0 Å². The molecule has 3 rings (SSSR count). The third-order valence-electron chi connectivity index (χ3n) is 4.89. The predicted molar refractivity (Wildman–Crippen MR) is 124 cm³/mol. The van der Waals surface area contributed by atoms with E-state index in [4.69, 9.17) is 13.8 Å². The van der Waals surface area contributed by atoms with Gasteiger partial charge in [-0.3, -0.25) is 9.88 Å². The number of amides is 1. The Labute approximate surface area is 189 Å². The zero-order valence-electron chi connectivity index (χ0n) is 18.3. The molecule has 0 bridgehead atoms. The Balaban J connectivity index is 2.10. The second-order valence-electron chi connectivity index (χ2n) is 6.96. The summed E-state index contributed by atoms with van der Waals surface area (Å²) in [5.41, 5.74) is 1.96. The summed E-state index contributed by atoms with van der Waals surface area (Å²) in [5, 5.41) is 1.27. The largest absolute Gasteiger partial charge is 0.445 e. The van der Waals surface area contributed by atoms with E-state index in [-0.39, 0.29) is 19.8 Å². The first-order chi connectivity index (χ1) is 15.6. The Morgan fingerprint density at radius 3 is 1.66 bits per heavy atom. The van der Waals surface area contributed by atoms with Crippen LogP contribution in [0.3, 0.4) is 0 Å². The van der Waals surface area contributed by atoms with E-state index >= 15 is 0 Å². The summed E-state index contributed by atoms with van der Waals surface area (Å²) >= 11 is 0. The van der Waals surface area contributed by atoms with Crippen LogP contribution < -0.4 is 5.32 Å². The highest BCUT2D eigenvalue weighted by atomic mass is 31.2. The molecular formula is C25H28NO5P. The molecule has 1 N–H and O–H groups in total. The van der Waals surface area contributed by atoms with E-state index in [1.54, 1.807) is 38.1 Å². The lowest BCUT2D eigenvalue weighted by Gasteiger charge is -2.39. The molecule has 3 aromatic rings. The standard InChI is InChI=1S/C25H28NO5P/c1-3-30-32(28,31-4-2)25(22-16-10-6-11-17-22,23-18-12-7-13-19-23)26-24(27)29-20-21-14-8-5-9-15-21/h5-19H,3-4,20H2,1-2H3,(H,26,27). The highest BCUT2D eigenvalue weighted by Gasteiger charge is 2.55. The minimum absolute atomic E-state index is 0.0693. The van der Waals surface area contributed by atoms with Crippen LogP contribution in [-0.4, -0.2) is 19.3 Å². The molecular weight excluding hydrogens is 425 g/mol. The zero-order chi connectivity index (χ0) is 22.9. The van der Waals surface area contributed by atoms with Gasteiger partial charge < -0.3 is 13.8 Å².